The molecule has 0 bridgehead atoms. The highest BCUT2D eigenvalue weighted by Crippen LogP contribution is 2.26. The third kappa shape index (κ3) is 5.90. The van der Waals surface area contributed by atoms with Crippen LogP contribution in [-0.2, 0) is 4.74 Å². The molecule has 0 atom stereocenters. The maximum Gasteiger partial charge on any atom is 0.338 e. The van der Waals surface area contributed by atoms with Gasteiger partial charge in [0.25, 0.3) is 17.3 Å². The lowest BCUT2D eigenvalue weighted by Crippen LogP contribution is -2.16. The van der Waals surface area contributed by atoms with Crippen LogP contribution >= 0.6 is 0 Å². The van der Waals surface area contributed by atoms with Crippen LogP contribution in [0.4, 0.5) is 17.1 Å². The molecule has 0 radical (unpaired) electrons. The summed E-state index contributed by atoms with van der Waals surface area (Å²) in [5.41, 5.74) is 0.582. The van der Waals surface area contributed by atoms with Gasteiger partial charge in [0.2, 0.25) is 5.78 Å². The number of aryl methyl sites for hydroxylation is 2. The molecule has 11 heteroatoms. The highest BCUT2D eigenvalue weighted by atomic mass is 16.6. The van der Waals surface area contributed by atoms with Gasteiger partial charge in [0, 0.05) is 17.3 Å². The quantitative estimate of drug-likeness (QED) is 0.216. The monoisotopic (exact) mass is 477 g/mol. The van der Waals surface area contributed by atoms with Crippen LogP contribution in [0.25, 0.3) is 0 Å². The molecule has 0 aliphatic rings. The lowest BCUT2D eigenvalue weighted by atomic mass is 10.0. The van der Waals surface area contributed by atoms with Crippen molar-refractivity contribution < 1.29 is 29.0 Å². The molecule has 0 unspecified atom stereocenters. The Bertz CT molecular complexity index is 1370. The van der Waals surface area contributed by atoms with Crippen molar-refractivity contribution in [2.24, 2.45) is 0 Å². The number of hydrogen-bond donors (Lipinski definition) is 1. The van der Waals surface area contributed by atoms with E-state index in [1.807, 2.05) is 13.0 Å². The van der Waals surface area contributed by atoms with Crippen molar-refractivity contribution >= 4 is 34.7 Å². The number of esters is 1. The molecule has 3 aromatic carbocycles. The normalized spacial score (nSPS) is 10.3. The fourth-order valence-electron chi connectivity index (χ4n) is 3.23. The number of nitrogens with zero attached hydrogens (tertiary/aromatic N) is 2. The number of non-ortho nitro benzene ring substituents is 1. The average Bonchev–Trinajstić information content (AvgIpc) is 2.83. The molecule has 1 N–H and O–H groups in total. The second-order valence-electron chi connectivity index (χ2n) is 7.57. The van der Waals surface area contributed by atoms with Gasteiger partial charge in [-0.05, 0) is 49.7 Å². The van der Waals surface area contributed by atoms with Crippen molar-refractivity contribution in [3.8, 4) is 0 Å². The molecule has 3 rings (SSSR count). The van der Waals surface area contributed by atoms with Gasteiger partial charge in [0.05, 0.1) is 21.5 Å². The zero-order valence-electron chi connectivity index (χ0n) is 18.6. The summed E-state index contributed by atoms with van der Waals surface area (Å²) >= 11 is 0. The van der Waals surface area contributed by atoms with Gasteiger partial charge < -0.3 is 10.1 Å². The van der Waals surface area contributed by atoms with Crippen LogP contribution in [0.3, 0.4) is 0 Å². The Kier molecular flexibility index (Phi) is 7.30. The molecule has 0 spiro atoms. The molecule has 0 aliphatic carbocycles. The second-order valence-corrected chi connectivity index (χ2v) is 7.57. The summed E-state index contributed by atoms with van der Waals surface area (Å²) < 4.78 is 5.12. The fourth-order valence-corrected chi connectivity index (χ4v) is 3.23. The number of carbonyl (C=O) groups is 3. The SMILES string of the molecule is Cc1ccc(C)c(C(=O)COC(=O)c2cccc(NC(=O)c3ccc([N+](=O)[O-])cc3[N+](=O)[O-])c2)c1. The number of nitro groups is 2. The van der Waals surface area contributed by atoms with E-state index in [0.29, 0.717) is 11.6 Å². The number of ether oxygens (including phenoxy) is 1. The van der Waals surface area contributed by atoms with E-state index < -0.39 is 45.3 Å². The van der Waals surface area contributed by atoms with Crippen molar-refractivity contribution in [1.29, 1.82) is 0 Å². The average molecular weight is 477 g/mol. The Balaban J connectivity index is 1.72. The lowest BCUT2D eigenvalue weighted by molar-refractivity contribution is -0.394. The molecular weight excluding hydrogens is 458 g/mol. The minimum Gasteiger partial charge on any atom is -0.454 e. The summed E-state index contributed by atoms with van der Waals surface area (Å²) in [6.45, 7) is 3.14. The number of nitrogens with one attached hydrogen (secondary N) is 1. The van der Waals surface area contributed by atoms with Gasteiger partial charge in [-0.25, -0.2) is 4.79 Å². The third-order valence-electron chi connectivity index (χ3n) is 5.02. The largest absolute Gasteiger partial charge is 0.454 e. The summed E-state index contributed by atoms with van der Waals surface area (Å²) in [5.74, 6) is -2.07. The number of Topliss-reactive ketones (excluding diaryl/α,β-unsaturated/α-hetero) is 1. The first-order valence-corrected chi connectivity index (χ1v) is 10.2. The van der Waals surface area contributed by atoms with E-state index in [0.717, 1.165) is 23.3 Å². The summed E-state index contributed by atoms with van der Waals surface area (Å²) in [4.78, 5) is 57.9. The van der Waals surface area contributed by atoms with E-state index in [4.69, 9.17) is 4.74 Å². The number of carbonyl (C=O) groups excluding carboxylic acids is 3. The van der Waals surface area contributed by atoms with Crippen molar-refractivity contribution in [2.45, 2.75) is 13.8 Å². The van der Waals surface area contributed by atoms with Crippen molar-refractivity contribution in [2.75, 3.05) is 11.9 Å². The molecule has 35 heavy (non-hydrogen) atoms. The van der Waals surface area contributed by atoms with E-state index in [1.54, 1.807) is 19.1 Å². The maximum atomic E-state index is 12.6. The third-order valence-corrected chi connectivity index (χ3v) is 5.02. The van der Waals surface area contributed by atoms with E-state index in [-0.39, 0.29) is 17.0 Å². The van der Waals surface area contributed by atoms with Gasteiger partial charge in [-0.2, -0.15) is 0 Å². The second kappa shape index (κ2) is 10.3. The number of nitro benzene ring substituents is 2. The fraction of sp³-hybridized carbons (Fsp3) is 0.125. The summed E-state index contributed by atoms with van der Waals surface area (Å²) in [6, 6.07) is 13.6. The van der Waals surface area contributed by atoms with E-state index in [2.05, 4.69) is 5.32 Å². The molecule has 0 aliphatic heterocycles. The number of anilines is 1. The summed E-state index contributed by atoms with van der Waals surface area (Å²) in [7, 11) is 0. The van der Waals surface area contributed by atoms with Gasteiger partial charge in [-0.3, -0.25) is 29.8 Å². The molecular formula is C24H19N3O8. The van der Waals surface area contributed by atoms with Gasteiger partial charge in [-0.1, -0.05) is 23.8 Å². The maximum absolute atomic E-state index is 12.6. The van der Waals surface area contributed by atoms with Gasteiger partial charge in [-0.15, -0.1) is 0 Å². The summed E-state index contributed by atoms with van der Waals surface area (Å²) in [6.07, 6.45) is 0. The zero-order valence-corrected chi connectivity index (χ0v) is 18.6. The molecule has 11 nitrogen and oxygen atoms in total. The van der Waals surface area contributed by atoms with Crippen LogP contribution in [0.1, 0.15) is 42.2 Å². The predicted octanol–water partition coefficient (Wildman–Crippen LogP) is 4.41. The molecule has 3 aromatic rings. The van der Waals surface area contributed by atoms with E-state index in [9.17, 15) is 34.6 Å². The standard InChI is InChI=1S/C24H19N3O8/c1-14-6-7-15(2)20(10-14)22(28)13-35-24(30)16-4-3-5-17(11-16)25-23(29)19-9-8-18(26(31)32)12-21(19)27(33)34/h3-12H,13H2,1-2H3,(H,25,29). The van der Waals surface area contributed by atoms with Crippen molar-refractivity contribution in [1.82, 2.24) is 0 Å². The zero-order chi connectivity index (χ0) is 25.7. The van der Waals surface area contributed by atoms with Crippen LogP contribution in [-0.4, -0.2) is 34.1 Å². The first-order valence-electron chi connectivity index (χ1n) is 10.2. The predicted molar refractivity (Wildman–Crippen MR) is 125 cm³/mol. The molecule has 0 fully saturated rings. The molecule has 0 heterocycles. The topological polar surface area (TPSA) is 159 Å². The Morgan fingerprint density at radius 1 is 0.886 bits per heavy atom. The molecule has 0 saturated carbocycles. The van der Waals surface area contributed by atoms with E-state index in [1.165, 1.54) is 24.3 Å². The molecule has 178 valence electrons. The number of ketones is 1. The lowest BCUT2D eigenvalue weighted by Gasteiger charge is -2.09. The van der Waals surface area contributed by atoms with Gasteiger partial charge >= 0.3 is 5.97 Å². The number of hydrogen-bond acceptors (Lipinski definition) is 8. The molecule has 0 aromatic heterocycles. The van der Waals surface area contributed by atoms with Crippen LogP contribution < -0.4 is 5.32 Å². The Labute approximate surface area is 198 Å². The Morgan fingerprint density at radius 3 is 2.31 bits per heavy atom. The highest BCUT2D eigenvalue weighted by Gasteiger charge is 2.24. The van der Waals surface area contributed by atoms with Gasteiger partial charge in [0.15, 0.2) is 6.61 Å². The van der Waals surface area contributed by atoms with Gasteiger partial charge in [0.1, 0.15) is 5.56 Å². The van der Waals surface area contributed by atoms with Crippen LogP contribution in [0, 0.1) is 34.1 Å². The Hall–Kier alpha value is -4.93. The Morgan fingerprint density at radius 2 is 1.63 bits per heavy atom. The molecule has 0 saturated heterocycles. The van der Waals surface area contributed by atoms with Crippen LogP contribution in [0.15, 0.2) is 60.7 Å². The van der Waals surface area contributed by atoms with E-state index >= 15 is 0 Å². The first kappa shape index (κ1) is 24.7. The minimum atomic E-state index is -0.901. The highest BCUT2D eigenvalue weighted by molar-refractivity contribution is 6.08. The number of rotatable bonds is 8. The van der Waals surface area contributed by atoms with Crippen molar-refractivity contribution in [3.63, 3.8) is 0 Å². The number of amides is 1. The first-order chi connectivity index (χ1) is 16.6. The minimum absolute atomic E-state index is 0.0368. The van der Waals surface area contributed by atoms with Crippen molar-refractivity contribution in [3.05, 3.63) is 109 Å². The van der Waals surface area contributed by atoms with Crippen LogP contribution in [0.5, 0.6) is 0 Å². The van der Waals surface area contributed by atoms with Crippen LogP contribution in [0.2, 0.25) is 0 Å². The summed E-state index contributed by atoms with van der Waals surface area (Å²) in [5, 5.41) is 24.6. The molecule has 1 amide bonds. The number of benzene rings is 3. The smallest absolute Gasteiger partial charge is 0.338 e.